The molecule has 1 aromatic rings. The fourth-order valence-corrected chi connectivity index (χ4v) is 3.26. The Hall–Kier alpha value is -2.37. The van der Waals surface area contributed by atoms with E-state index in [9.17, 15) is 14.4 Å². The first-order valence-corrected chi connectivity index (χ1v) is 9.24. The molecular weight excluding hydrogens is 332 g/mol. The lowest BCUT2D eigenvalue weighted by atomic mass is 9.90. The lowest BCUT2D eigenvalue weighted by Crippen LogP contribution is -2.46. The van der Waals surface area contributed by atoms with Crippen molar-refractivity contribution in [2.45, 2.75) is 58.4 Å². The summed E-state index contributed by atoms with van der Waals surface area (Å²) in [5, 5.41) is 14.2. The molecule has 0 saturated heterocycles. The normalized spacial score (nSPS) is 14.4. The molecule has 0 aliphatic heterocycles. The molecule has 1 aliphatic carbocycles. The van der Waals surface area contributed by atoms with Crippen molar-refractivity contribution in [3.05, 3.63) is 34.9 Å². The first kappa shape index (κ1) is 19.9. The summed E-state index contributed by atoms with van der Waals surface area (Å²) in [7, 11) is 0. The Labute approximate surface area is 154 Å². The van der Waals surface area contributed by atoms with Crippen LogP contribution in [0.4, 0.5) is 0 Å². The van der Waals surface area contributed by atoms with Crippen LogP contribution in [0.3, 0.4) is 0 Å². The lowest BCUT2D eigenvalue weighted by Gasteiger charge is -2.17. The number of nitrogens with one attached hydrogen (secondary N) is 2. The summed E-state index contributed by atoms with van der Waals surface area (Å²) < 4.78 is 0. The number of carbonyl (C=O) groups excluding carboxylic acids is 2. The summed E-state index contributed by atoms with van der Waals surface area (Å²) >= 11 is 0. The number of rotatable bonds is 8. The van der Waals surface area contributed by atoms with E-state index in [4.69, 9.17) is 5.11 Å². The minimum Gasteiger partial charge on any atom is -0.480 e. The summed E-state index contributed by atoms with van der Waals surface area (Å²) in [6.45, 7) is 3.57. The quantitative estimate of drug-likeness (QED) is 0.659. The zero-order valence-electron chi connectivity index (χ0n) is 15.5. The van der Waals surface area contributed by atoms with Crippen molar-refractivity contribution in [1.82, 2.24) is 10.6 Å². The highest BCUT2D eigenvalue weighted by Crippen LogP contribution is 2.22. The van der Waals surface area contributed by atoms with Gasteiger partial charge in [-0.2, -0.15) is 0 Å². The number of hydrogen-bond donors (Lipinski definition) is 3. The van der Waals surface area contributed by atoms with E-state index in [1.54, 1.807) is 0 Å². The maximum absolute atomic E-state index is 12.1. The molecule has 0 radical (unpaired) electrons. The standard InChI is InChI=1S/C20H28N2O4/c1-13(2)9-17(20(25)26)22-19(24)12-21-18(23)11-14-7-8-15-5-3-4-6-16(15)10-14/h7-8,10,13,17H,3-6,9,11-12H2,1-2H3,(H,21,23)(H,22,24)(H,25,26)/t17-/m0/s1. The zero-order chi connectivity index (χ0) is 19.1. The first-order chi connectivity index (χ1) is 12.3. The Morgan fingerprint density at radius 3 is 2.42 bits per heavy atom. The molecule has 0 spiro atoms. The largest absolute Gasteiger partial charge is 0.480 e. The summed E-state index contributed by atoms with van der Waals surface area (Å²) in [5.41, 5.74) is 3.62. The van der Waals surface area contributed by atoms with Gasteiger partial charge in [0.25, 0.3) is 0 Å². The molecule has 0 saturated carbocycles. The van der Waals surface area contributed by atoms with E-state index in [0.29, 0.717) is 6.42 Å². The second-order valence-corrected chi connectivity index (χ2v) is 7.35. The Balaban J connectivity index is 1.80. The van der Waals surface area contributed by atoms with Crippen molar-refractivity contribution in [2.24, 2.45) is 5.92 Å². The van der Waals surface area contributed by atoms with Crippen LogP contribution in [0.1, 0.15) is 49.8 Å². The highest BCUT2D eigenvalue weighted by atomic mass is 16.4. The maximum atomic E-state index is 12.1. The number of fused-ring (bicyclic) bond motifs is 1. The van der Waals surface area contributed by atoms with Gasteiger partial charge in [0.1, 0.15) is 6.04 Å². The Bertz CT molecular complexity index is 670. The average molecular weight is 360 g/mol. The highest BCUT2D eigenvalue weighted by Gasteiger charge is 2.21. The summed E-state index contributed by atoms with van der Waals surface area (Å²) in [4.78, 5) is 35.1. The Kier molecular flexibility index (Phi) is 7.18. The van der Waals surface area contributed by atoms with E-state index >= 15 is 0 Å². The summed E-state index contributed by atoms with van der Waals surface area (Å²) in [5.74, 6) is -1.65. The van der Waals surface area contributed by atoms with Crippen molar-refractivity contribution in [3.8, 4) is 0 Å². The van der Waals surface area contributed by atoms with Gasteiger partial charge in [-0.3, -0.25) is 9.59 Å². The van der Waals surface area contributed by atoms with Gasteiger partial charge in [0.15, 0.2) is 0 Å². The van der Waals surface area contributed by atoms with Gasteiger partial charge in [-0.1, -0.05) is 32.0 Å². The van der Waals surface area contributed by atoms with E-state index in [-0.39, 0.29) is 24.8 Å². The molecule has 2 rings (SSSR count). The number of carboxylic acids is 1. The number of hydrogen-bond acceptors (Lipinski definition) is 3. The molecule has 6 heteroatoms. The number of carbonyl (C=O) groups is 3. The number of aliphatic carboxylic acids is 1. The molecule has 0 bridgehead atoms. The minimum absolute atomic E-state index is 0.148. The number of benzene rings is 1. The molecule has 0 heterocycles. The van der Waals surface area contributed by atoms with Crippen LogP contribution in [0.15, 0.2) is 18.2 Å². The van der Waals surface area contributed by atoms with Gasteiger partial charge in [0.2, 0.25) is 11.8 Å². The minimum atomic E-state index is -1.06. The molecule has 1 aromatic carbocycles. The topological polar surface area (TPSA) is 95.5 Å². The molecule has 1 aliphatic rings. The van der Waals surface area contributed by atoms with Gasteiger partial charge in [-0.15, -0.1) is 0 Å². The molecule has 6 nitrogen and oxygen atoms in total. The van der Waals surface area contributed by atoms with Crippen LogP contribution >= 0.6 is 0 Å². The van der Waals surface area contributed by atoms with Crippen LogP contribution < -0.4 is 10.6 Å². The zero-order valence-corrected chi connectivity index (χ0v) is 15.5. The monoisotopic (exact) mass is 360 g/mol. The van der Waals surface area contributed by atoms with E-state index in [1.807, 2.05) is 19.9 Å². The summed E-state index contributed by atoms with van der Waals surface area (Å²) in [6.07, 6.45) is 5.13. The molecule has 1 atom stereocenters. The molecule has 0 aromatic heterocycles. The van der Waals surface area contributed by atoms with Gasteiger partial charge in [0.05, 0.1) is 13.0 Å². The van der Waals surface area contributed by atoms with E-state index < -0.39 is 17.9 Å². The molecule has 3 N–H and O–H groups in total. The maximum Gasteiger partial charge on any atom is 0.326 e. The van der Waals surface area contributed by atoms with E-state index in [0.717, 1.165) is 18.4 Å². The molecule has 0 fully saturated rings. The average Bonchev–Trinajstić information content (AvgIpc) is 2.59. The third-order valence-electron chi connectivity index (χ3n) is 4.56. The fraction of sp³-hybridized carbons (Fsp3) is 0.550. The smallest absolute Gasteiger partial charge is 0.326 e. The summed E-state index contributed by atoms with van der Waals surface area (Å²) in [6, 6.07) is 5.21. The second-order valence-electron chi connectivity index (χ2n) is 7.35. The molecular formula is C20H28N2O4. The predicted molar refractivity (Wildman–Crippen MR) is 98.8 cm³/mol. The molecule has 0 unspecified atom stereocenters. The van der Waals surface area contributed by atoms with E-state index in [1.165, 1.54) is 24.0 Å². The molecule has 26 heavy (non-hydrogen) atoms. The van der Waals surface area contributed by atoms with Crippen LogP contribution in [-0.4, -0.2) is 35.5 Å². The third-order valence-corrected chi connectivity index (χ3v) is 4.56. The van der Waals surface area contributed by atoms with Crippen LogP contribution in [0.2, 0.25) is 0 Å². The van der Waals surface area contributed by atoms with Gasteiger partial charge >= 0.3 is 5.97 Å². The van der Waals surface area contributed by atoms with Crippen molar-refractivity contribution >= 4 is 17.8 Å². The van der Waals surface area contributed by atoms with Crippen molar-refractivity contribution in [1.29, 1.82) is 0 Å². The van der Waals surface area contributed by atoms with Gasteiger partial charge in [-0.05, 0) is 54.7 Å². The Morgan fingerprint density at radius 1 is 1.08 bits per heavy atom. The Morgan fingerprint density at radius 2 is 1.77 bits per heavy atom. The highest BCUT2D eigenvalue weighted by molar-refractivity contribution is 5.88. The van der Waals surface area contributed by atoms with Gasteiger partial charge in [-0.25, -0.2) is 4.79 Å². The number of carboxylic acid groups (broad SMARTS) is 1. The van der Waals surface area contributed by atoms with E-state index in [2.05, 4.69) is 22.8 Å². The van der Waals surface area contributed by atoms with Crippen LogP contribution in [0.5, 0.6) is 0 Å². The first-order valence-electron chi connectivity index (χ1n) is 9.24. The number of aryl methyl sites for hydroxylation is 2. The van der Waals surface area contributed by atoms with Crippen molar-refractivity contribution in [2.75, 3.05) is 6.54 Å². The van der Waals surface area contributed by atoms with Gasteiger partial charge in [0, 0.05) is 0 Å². The second kappa shape index (κ2) is 9.36. The van der Waals surface area contributed by atoms with Crippen molar-refractivity contribution < 1.29 is 19.5 Å². The van der Waals surface area contributed by atoms with Crippen LogP contribution in [0, 0.1) is 5.92 Å². The lowest BCUT2D eigenvalue weighted by molar-refractivity contribution is -0.142. The molecule has 142 valence electrons. The predicted octanol–water partition coefficient (Wildman–Crippen LogP) is 1.84. The van der Waals surface area contributed by atoms with Crippen LogP contribution in [-0.2, 0) is 33.6 Å². The van der Waals surface area contributed by atoms with Crippen LogP contribution in [0.25, 0.3) is 0 Å². The SMILES string of the molecule is CC(C)C[C@H](NC(=O)CNC(=O)Cc1ccc2c(c1)CCCC2)C(=O)O. The number of amides is 2. The third kappa shape index (κ3) is 6.17. The molecule has 2 amide bonds. The van der Waals surface area contributed by atoms with Crippen molar-refractivity contribution in [3.63, 3.8) is 0 Å². The fourth-order valence-electron chi connectivity index (χ4n) is 3.26. The van der Waals surface area contributed by atoms with Gasteiger partial charge < -0.3 is 15.7 Å².